The molecule has 0 unspecified atom stereocenters. The molecule has 1 aromatic rings. The fourth-order valence-corrected chi connectivity index (χ4v) is 1.26. The van der Waals surface area contributed by atoms with Crippen LogP contribution in [0.25, 0.3) is 0 Å². The Morgan fingerprint density at radius 1 is 1.47 bits per heavy atom. The fraction of sp³-hybridized carbons (Fsp3) is 0.100. The van der Waals surface area contributed by atoms with Crippen molar-refractivity contribution in [3.05, 3.63) is 29.8 Å². The molecule has 0 saturated carbocycles. The molecule has 5 nitrogen and oxygen atoms in total. The summed E-state index contributed by atoms with van der Waals surface area (Å²) in [6.07, 6.45) is 0.619. The third-order valence-corrected chi connectivity index (χ3v) is 1.86. The Morgan fingerprint density at radius 2 is 2.07 bits per heavy atom. The molecule has 0 aliphatic heterocycles. The van der Waals surface area contributed by atoms with E-state index in [9.17, 15) is 9.59 Å². The second-order valence-corrected chi connectivity index (χ2v) is 2.92. The molecule has 0 saturated heterocycles. The van der Waals surface area contributed by atoms with Crippen LogP contribution in [0.3, 0.4) is 0 Å². The number of benzene rings is 1. The molecule has 0 atom stereocenters. The molecule has 0 aliphatic carbocycles. The van der Waals surface area contributed by atoms with E-state index in [1.807, 2.05) is 0 Å². The van der Waals surface area contributed by atoms with Crippen LogP contribution in [0.15, 0.2) is 24.3 Å². The van der Waals surface area contributed by atoms with Gasteiger partial charge in [0.2, 0.25) is 5.91 Å². The zero-order chi connectivity index (χ0) is 11.4. The average Bonchev–Trinajstić information content (AvgIpc) is 2.17. The lowest BCUT2D eigenvalue weighted by Crippen LogP contribution is -2.40. The third-order valence-electron chi connectivity index (χ3n) is 1.86. The van der Waals surface area contributed by atoms with Gasteiger partial charge in [-0.2, -0.15) is 0 Å². The highest BCUT2D eigenvalue weighted by Gasteiger charge is 2.17. The Morgan fingerprint density at radius 3 is 2.53 bits per heavy atom. The van der Waals surface area contributed by atoms with Crippen LogP contribution in [-0.4, -0.2) is 18.2 Å². The number of carbonyl (C=O) groups excluding carboxylic acids is 2. The number of amides is 1. The van der Waals surface area contributed by atoms with Crippen molar-refractivity contribution in [2.75, 3.05) is 4.90 Å². The summed E-state index contributed by atoms with van der Waals surface area (Å²) in [5.74, 6) is -0.811. The van der Waals surface area contributed by atoms with Gasteiger partial charge in [0.25, 0.3) is 0 Å². The second-order valence-electron chi connectivity index (χ2n) is 2.92. The molecule has 15 heavy (non-hydrogen) atoms. The number of carbonyl (C=O) groups is 2. The molecular formula is C10H11N3O2. The van der Waals surface area contributed by atoms with Crippen LogP contribution in [0, 0.1) is 5.41 Å². The van der Waals surface area contributed by atoms with Gasteiger partial charge in [-0.3, -0.25) is 19.9 Å². The van der Waals surface area contributed by atoms with E-state index in [1.54, 1.807) is 24.3 Å². The van der Waals surface area contributed by atoms with Crippen LogP contribution in [0.5, 0.6) is 0 Å². The number of nitrogens with one attached hydrogen (secondary N) is 1. The van der Waals surface area contributed by atoms with E-state index in [4.69, 9.17) is 11.1 Å². The number of aldehydes is 1. The number of rotatable bonds is 2. The molecule has 1 amide bonds. The monoisotopic (exact) mass is 205 g/mol. The van der Waals surface area contributed by atoms with E-state index in [2.05, 4.69) is 0 Å². The Balaban J connectivity index is 3.28. The highest BCUT2D eigenvalue weighted by atomic mass is 16.2. The molecule has 0 aromatic heterocycles. The molecule has 1 aromatic carbocycles. The van der Waals surface area contributed by atoms with E-state index in [0.29, 0.717) is 17.5 Å². The highest BCUT2D eigenvalue weighted by Crippen LogP contribution is 2.18. The first-order valence-electron chi connectivity index (χ1n) is 4.27. The first-order valence-corrected chi connectivity index (χ1v) is 4.27. The maximum Gasteiger partial charge on any atom is 0.230 e. The van der Waals surface area contributed by atoms with Crippen molar-refractivity contribution in [3.8, 4) is 0 Å². The normalized spacial score (nSPS) is 9.40. The van der Waals surface area contributed by atoms with Gasteiger partial charge >= 0.3 is 0 Å². The van der Waals surface area contributed by atoms with E-state index in [0.717, 1.165) is 4.90 Å². The summed E-state index contributed by atoms with van der Waals surface area (Å²) in [5, 5.41) is 7.26. The Bertz CT molecular complexity index is 401. The van der Waals surface area contributed by atoms with Gasteiger partial charge in [0.15, 0.2) is 12.2 Å². The summed E-state index contributed by atoms with van der Waals surface area (Å²) >= 11 is 0. The van der Waals surface area contributed by atoms with Crippen LogP contribution in [0.4, 0.5) is 5.69 Å². The molecular weight excluding hydrogens is 194 g/mol. The van der Waals surface area contributed by atoms with Crippen LogP contribution < -0.4 is 10.6 Å². The molecule has 3 N–H and O–H groups in total. The molecule has 0 fully saturated rings. The number of hydrogen-bond donors (Lipinski definition) is 2. The lowest BCUT2D eigenvalue weighted by atomic mass is 10.2. The van der Waals surface area contributed by atoms with Crippen molar-refractivity contribution in [2.45, 2.75) is 6.92 Å². The highest BCUT2D eigenvalue weighted by molar-refractivity contribution is 6.15. The van der Waals surface area contributed by atoms with Crippen LogP contribution in [-0.2, 0) is 4.79 Å². The van der Waals surface area contributed by atoms with Crippen LogP contribution in [0.2, 0.25) is 0 Å². The topological polar surface area (TPSA) is 87.2 Å². The van der Waals surface area contributed by atoms with Gasteiger partial charge < -0.3 is 5.73 Å². The number of nitrogens with two attached hydrogens (primary N) is 1. The summed E-state index contributed by atoms with van der Waals surface area (Å²) in [6.45, 7) is 1.28. The second kappa shape index (κ2) is 4.36. The molecule has 1 rings (SSSR count). The van der Waals surface area contributed by atoms with E-state index >= 15 is 0 Å². The van der Waals surface area contributed by atoms with Crippen LogP contribution in [0.1, 0.15) is 17.3 Å². The van der Waals surface area contributed by atoms with Gasteiger partial charge in [0, 0.05) is 12.5 Å². The minimum Gasteiger partial charge on any atom is -0.369 e. The zero-order valence-electron chi connectivity index (χ0n) is 8.23. The lowest BCUT2D eigenvalue weighted by Gasteiger charge is -2.19. The van der Waals surface area contributed by atoms with Gasteiger partial charge in [-0.25, -0.2) is 0 Å². The fourth-order valence-electron chi connectivity index (χ4n) is 1.26. The van der Waals surface area contributed by atoms with Gasteiger partial charge in [0.1, 0.15) is 0 Å². The predicted octanol–water partition coefficient (Wildman–Crippen LogP) is 0.745. The minimum absolute atomic E-state index is 0.322. The van der Waals surface area contributed by atoms with Gasteiger partial charge in [-0.1, -0.05) is 12.1 Å². The standard InChI is InChI=1S/C10H11N3O2/c1-7(15)13(10(11)12)9-5-3-2-4-8(9)6-14/h2-6H,1H3,(H3,11,12). The molecule has 0 heterocycles. The van der Waals surface area contributed by atoms with Gasteiger partial charge in [-0.15, -0.1) is 0 Å². The maximum atomic E-state index is 11.2. The van der Waals surface area contributed by atoms with Crippen molar-refractivity contribution < 1.29 is 9.59 Å². The molecule has 0 aliphatic rings. The van der Waals surface area contributed by atoms with E-state index in [-0.39, 0.29) is 0 Å². The summed E-state index contributed by atoms with van der Waals surface area (Å²) in [7, 11) is 0. The number of hydrogen-bond acceptors (Lipinski definition) is 3. The van der Waals surface area contributed by atoms with Crippen molar-refractivity contribution in [1.29, 1.82) is 5.41 Å². The van der Waals surface area contributed by atoms with Crippen LogP contribution >= 0.6 is 0 Å². The smallest absolute Gasteiger partial charge is 0.230 e. The SMILES string of the molecule is CC(=O)N(C(=N)N)c1ccccc1C=O. The van der Waals surface area contributed by atoms with E-state index < -0.39 is 11.9 Å². The van der Waals surface area contributed by atoms with Gasteiger partial charge in [0.05, 0.1) is 5.69 Å². The number of anilines is 1. The first-order chi connectivity index (χ1) is 7.07. The average molecular weight is 205 g/mol. The predicted molar refractivity (Wildman–Crippen MR) is 56.9 cm³/mol. The Kier molecular flexibility index (Phi) is 3.17. The van der Waals surface area contributed by atoms with Gasteiger partial charge in [-0.05, 0) is 12.1 Å². The molecule has 0 radical (unpaired) electrons. The molecule has 5 heteroatoms. The Hall–Kier alpha value is -2.17. The molecule has 0 spiro atoms. The summed E-state index contributed by atoms with van der Waals surface area (Å²) in [4.78, 5) is 22.9. The summed E-state index contributed by atoms with van der Waals surface area (Å²) in [6, 6.07) is 6.46. The number of para-hydroxylation sites is 1. The lowest BCUT2D eigenvalue weighted by molar-refractivity contribution is -0.115. The molecule has 0 bridgehead atoms. The quantitative estimate of drug-likeness (QED) is 0.424. The third kappa shape index (κ3) is 2.19. The largest absolute Gasteiger partial charge is 0.369 e. The van der Waals surface area contributed by atoms with Crippen molar-refractivity contribution >= 4 is 23.8 Å². The van der Waals surface area contributed by atoms with E-state index in [1.165, 1.54) is 6.92 Å². The first kappa shape index (κ1) is 10.9. The maximum absolute atomic E-state index is 11.2. The van der Waals surface area contributed by atoms with Crippen molar-refractivity contribution in [2.24, 2.45) is 5.73 Å². The number of nitrogens with zero attached hydrogens (tertiary/aromatic N) is 1. The zero-order valence-corrected chi connectivity index (χ0v) is 8.23. The minimum atomic E-state index is -0.406. The van der Waals surface area contributed by atoms with Crippen molar-refractivity contribution in [3.63, 3.8) is 0 Å². The van der Waals surface area contributed by atoms with Crippen molar-refractivity contribution in [1.82, 2.24) is 0 Å². The molecule has 78 valence electrons. The summed E-state index contributed by atoms with van der Waals surface area (Å²) < 4.78 is 0. The Labute approximate surface area is 87.0 Å². The summed E-state index contributed by atoms with van der Waals surface area (Å²) in [5.41, 5.74) is 5.91. The number of guanidine groups is 1.